The molecule has 20 heavy (non-hydrogen) atoms. The minimum absolute atomic E-state index is 0.229. The molecule has 1 saturated heterocycles. The Balaban J connectivity index is 2.43. The van der Waals surface area contributed by atoms with Crippen LogP contribution in [0.15, 0.2) is 0 Å². The smallest absolute Gasteiger partial charge is 0.326 e. The maximum atomic E-state index is 12.1. The Bertz CT molecular complexity index is 323. The summed E-state index contributed by atoms with van der Waals surface area (Å²) in [7, 11) is 0. The van der Waals surface area contributed by atoms with Crippen LogP contribution in [0.3, 0.4) is 0 Å². The van der Waals surface area contributed by atoms with Crippen LogP contribution in [-0.2, 0) is 4.79 Å². The number of carboxylic acids is 1. The van der Waals surface area contributed by atoms with Crippen LogP contribution in [0, 0.1) is 11.8 Å². The van der Waals surface area contributed by atoms with Crippen LogP contribution in [0.1, 0.15) is 52.9 Å². The Morgan fingerprint density at radius 1 is 1.30 bits per heavy atom. The average Bonchev–Trinajstić information content (AvgIpc) is 2.38. The molecule has 2 N–H and O–H groups in total. The molecule has 0 aromatic heterocycles. The monoisotopic (exact) mass is 284 g/mol. The van der Waals surface area contributed by atoms with E-state index in [9.17, 15) is 9.59 Å². The summed E-state index contributed by atoms with van der Waals surface area (Å²) in [4.78, 5) is 25.0. The largest absolute Gasteiger partial charge is 0.480 e. The first-order valence-corrected chi connectivity index (χ1v) is 7.72. The van der Waals surface area contributed by atoms with E-state index in [-0.39, 0.29) is 11.9 Å². The van der Waals surface area contributed by atoms with E-state index in [4.69, 9.17) is 5.11 Å². The second-order valence-corrected chi connectivity index (χ2v) is 6.19. The minimum atomic E-state index is -0.951. The quantitative estimate of drug-likeness (QED) is 0.788. The van der Waals surface area contributed by atoms with Gasteiger partial charge in [0.15, 0.2) is 0 Å². The van der Waals surface area contributed by atoms with E-state index in [1.54, 1.807) is 4.90 Å². The van der Waals surface area contributed by atoms with Crippen LogP contribution >= 0.6 is 0 Å². The fraction of sp³-hybridized carbons (Fsp3) is 0.867. The number of hydrogen-bond acceptors (Lipinski definition) is 2. The molecular formula is C15H28N2O3. The van der Waals surface area contributed by atoms with E-state index >= 15 is 0 Å². The summed E-state index contributed by atoms with van der Waals surface area (Å²) in [6, 6.07) is -1.01. The van der Waals surface area contributed by atoms with Gasteiger partial charge in [0.05, 0.1) is 0 Å². The van der Waals surface area contributed by atoms with Gasteiger partial charge >= 0.3 is 12.0 Å². The Hall–Kier alpha value is -1.26. The lowest BCUT2D eigenvalue weighted by Gasteiger charge is -2.32. The number of amides is 2. The zero-order valence-electron chi connectivity index (χ0n) is 12.9. The summed E-state index contributed by atoms with van der Waals surface area (Å²) in [5.41, 5.74) is 0. The maximum absolute atomic E-state index is 12.1. The highest BCUT2D eigenvalue weighted by molar-refractivity contribution is 5.82. The van der Waals surface area contributed by atoms with Crippen molar-refractivity contribution in [3.63, 3.8) is 0 Å². The zero-order valence-corrected chi connectivity index (χ0v) is 12.9. The molecule has 0 aliphatic carbocycles. The molecular weight excluding hydrogens is 256 g/mol. The third-order valence-electron chi connectivity index (χ3n) is 3.90. The molecule has 0 aromatic carbocycles. The van der Waals surface area contributed by atoms with E-state index in [1.807, 2.05) is 13.8 Å². The number of carbonyl (C=O) groups excluding carboxylic acids is 1. The second kappa shape index (κ2) is 8.12. The third-order valence-corrected chi connectivity index (χ3v) is 3.90. The van der Waals surface area contributed by atoms with Crippen molar-refractivity contribution in [3.8, 4) is 0 Å². The molecule has 0 aromatic rings. The molecule has 1 aliphatic heterocycles. The topological polar surface area (TPSA) is 69.6 Å². The Labute approximate surface area is 121 Å². The van der Waals surface area contributed by atoms with Gasteiger partial charge in [-0.3, -0.25) is 0 Å². The molecule has 5 heteroatoms. The van der Waals surface area contributed by atoms with Crippen molar-refractivity contribution in [2.75, 3.05) is 13.1 Å². The van der Waals surface area contributed by atoms with E-state index < -0.39 is 12.0 Å². The number of nitrogens with zero attached hydrogens (tertiary/aromatic N) is 1. The first kappa shape index (κ1) is 16.8. The van der Waals surface area contributed by atoms with Crippen molar-refractivity contribution in [1.82, 2.24) is 10.2 Å². The molecule has 1 aliphatic rings. The highest BCUT2D eigenvalue weighted by atomic mass is 16.4. The van der Waals surface area contributed by atoms with Gasteiger partial charge in [0.25, 0.3) is 0 Å². The average molecular weight is 284 g/mol. The molecule has 1 fully saturated rings. The Morgan fingerprint density at radius 3 is 2.35 bits per heavy atom. The van der Waals surface area contributed by atoms with Gasteiger partial charge < -0.3 is 15.3 Å². The van der Waals surface area contributed by atoms with Crippen molar-refractivity contribution in [2.45, 2.75) is 58.9 Å². The lowest BCUT2D eigenvalue weighted by Crippen LogP contribution is -2.50. The van der Waals surface area contributed by atoms with Crippen LogP contribution in [0.4, 0.5) is 4.79 Å². The number of carbonyl (C=O) groups is 2. The van der Waals surface area contributed by atoms with E-state index in [1.165, 1.54) is 12.8 Å². The molecule has 5 nitrogen and oxygen atoms in total. The van der Waals surface area contributed by atoms with E-state index in [2.05, 4.69) is 12.2 Å². The number of nitrogens with one attached hydrogen (secondary N) is 1. The Morgan fingerprint density at radius 2 is 1.90 bits per heavy atom. The normalized spacial score (nSPS) is 18.1. The summed E-state index contributed by atoms with van der Waals surface area (Å²) in [6.45, 7) is 7.58. The molecule has 0 saturated carbocycles. The molecule has 0 unspecified atom stereocenters. The molecule has 0 radical (unpaired) electrons. The van der Waals surface area contributed by atoms with Crippen LogP contribution in [0.25, 0.3) is 0 Å². The fourth-order valence-electron chi connectivity index (χ4n) is 2.77. The molecule has 0 bridgehead atoms. The minimum Gasteiger partial charge on any atom is -0.480 e. The Kier molecular flexibility index (Phi) is 6.82. The van der Waals surface area contributed by atoms with Crippen LogP contribution in [0.2, 0.25) is 0 Å². The maximum Gasteiger partial charge on any atom is 0.326 e. The number of urea groups is 1. The molecule has 0 spiro atoms. The van der Waals surface area contributed by atoms with Crippen molar-refractivity contribution in [1.29, 1.82) is 0 Å². The van der Waals surface area contributed by atoms with Gasteiger partial charge in [-0.25, -0.2) is 9.59 Å². The van der Waals surface area contributed by atoms with Gasteiger partial charge in [-0.05, 0) is 31.1 Å². The predicted molar refractivity (Wildman–Crippen MR) is 78.6 cm³/mol. The predicted octanol–water partition coefficient (Wildman–Crippen LogP) is 2.71. The fourth-order valence-corrected chi connectivity index (χ4v) is 2.77. The number of carboxylic acid groups (broad SMARTS) is 1. The van der Waals surface area contributed by atoms with Crippen molar-refractivity contribution in [2.24, 2.45) is 11.8 Å². The molecule has 116 valence electrons. The summed E-state index contributed by atoms with van der Waals surface area (Å²) < 4.78 is 0. The van der Waals surface area contributed by atoms with Crippen molar-refractivity contribution in [3.05, 3.63) is 0 Å². The number of likely N-dealkylation sites (tertiary alicyclic amines) is 1. The molecule has 1 heterocycles. The van der Waals surface area contributed by atoms with Gasteiger partial charge in [0, 0.05) is 13.1 Å². The van der Waals surface area contributed by atoms with Gasteiger partial charge in [-0.15, -0.1) is 0 Å². The highest BCUT2D eigenvalue weighted by Gasteiger charge is 2.26. The lowest BCUT2D eigenvalue weighted by atomic mass is 9.93. The van der Waals surface area contributed by atoms with Crippen molar-refractivity contribution < 1.29 is 14.7 Å². The van der Waals surface area contributed by atoms with Gasteiger partial charge in [-0.1, -0.05) is 33.6 Å². The van der Waals surface area contributed by atoms with Crippen LogP contribution in [-0.4, -0.2) is 41.1 Å². The second-order valence-electron chi connectivity index (χ2n) is 6.19. The molecule has 1 rings (SSSR count). The standard InChI is InChI=1S/C15H28N2O3/c1-4-5-12-6-8-17(9-7-12)15(20)16-13(14(18)19)10-11(2)3/h11-13H,4-10H2,1-3H3,(H,16,20)(H,18,19)/t13-/m0/s1. The SMILES string of the molecule is CCCC1CCN(C(=O)N[C@@H](CC(C)C)C(=O)O)CC1. The van der Waals surface area contributed by atoms with Gasteiger partial charge in [-0.2, -0.15) is 0 Å². The van der Waals surface area contributed by atoms with Crippen LogP contribution < -0.4 is 5.32 Å². The third kappa shape index (κ3) is 5.39. The molecule has 1 atom stereocenters. The number of hydrogen-bond donors (Lipinski definition) is 2. The molecule has 2 amide bonds. The summed E-state index contributed by atoms with van der Waals surface area (Å²) in [5.74, 6) is 0.00888. The van der Waals surface area contributed by atoms with E-state index in [0.29, 0.717) is 6.42 Å². The van der Waals surface area contributed by atoms with Crippen LogP contribution in [0.5, 0.6) is 0 Å². The van der Waals surface area contributed by atoms with E-state index in [0.717, 1.165) is 31.8 Å². The number of rotatable bonds is 6. The number of piperidine rings is 1. The lowest BCUT2D eigenvalue weighted by molar-refractivity contribution is -0.139. The zero-order chi connectivity index (χ0) is 15.1. The first-order valence-electron chi connectivity index (χ1n) is 7.72. The number of aliphatic carboxylic acids is 1. The van der Waals surface area contributed by atoms with Gasteiger partial charge in [0.2, 0.25) is 0 Å². The highest BCUT2D eigenvalue weighted by Crippen LogP contribution is 2.21. The summed E-state index contributed by atoms with van der Waals surface area (Å²) in [5, 5.41) is 11.8. The van der Waals surface area contributed by atoms with Crippen molar-refractivity contribution >= 4 is 12.0 Å². The summed E-state index contributed by atoms with van der Waals surface area (Å²) >= 11 is 0. The summed E-state index contributed by atoms with van der Waals surface area (Å²) in [6.07, 6.45) is 4.94. The first-order chi connectivity index (χ1) is 9.43. The van der Waals surface area contributed by atoms with Gasteiger partial charge in [0.1, 0.15) is 6.04 Å².